The molecule has 3 rings (SSSR count). The minimum atomic E-state index is -0.498. The molecular formula is C17H22N4O4. The van der Waals surface area contributed by atoms with Gasteiger partial charge < -0.3 is 19.7 Å². The van der Waals surface area contributed by atoms with Gasteiger partial charge in [0, 0.05) is 45.0 Å². The molecule has 0 radical (unpaired) electrons. The predicted molar refractivity (Wildman–Crippen MR) is 90.1 cm³/mol. The van der Waals surface area contributed by atoms with Crippen molar-refractivity contribution in [2.24, 2.45) is 0 Å². The van der Waals surface area contributed by atoms with E-state index in [0.717, 1.165) is 12.8 Å². The van der Waals surface area contributed by atoms with Gasteiger partial charge in [-0.15, -0.1) is 0 Å². The van der Waals surface area contributed by atoms with Crippen molar-refractivity contribution in [3.63, 3.8) is 0 Å². The molecule has 0 spiro atoms. The molecule has 25 heavy (non-hydrogen) atoms. The van der Waals surface area contributed by atoms with E-state index in [-0.39, 0.29) is 11.5 Å². The molecule has 0 saturated carbocycles. The summed E-state index contributed by atoms with van der Waals surface area (Å²) in [6, 6.07) is 3.20. The Morgan fingerprint density at radius 2 is 1.36 bits per heavy atom. The summed E-state index contributed by atoms with van der Waals surface area (Å²) >= 11 is 0. The summed E-state index contributed by atoms with van der Waals surface area (Å²) in [4.78, 5) is 56.1. The summed E-state index contributed by atoms with van der Waals surface area (Å²) in [5.74, 6) is -1.30. The Morgan fingerprint density at radius 1 is 0.840 bits per heavy atom. The minimum absolute atomic E-state index is 0.0959. The van der Waals surface area contributed by atoms with Gasteiger partial charge in [-0.2, -0.15) is 0 Å². The minimum Gasteiger partial charge on any atom is -0.335 e. The SMILES string of the molecule is Cc1ccc(C(=O)N2CCN(C(=O)C(=O)N3CCCC3)CC2)c(=O)[nH]1. The van der Waals surface area contributed by atoms with Crippen LogP contribution in [-0.4, -0.2) is 76.7 Å². The molecule has 1 aromatic rings. The summed E-state index contributed by atoms with van der Waals surface area (Å²) in [5, 5.41) is 0. The van der Waals surface area contributed by atoms with E-state index in [1.165, 1.54) is 11.0 Å². The summed E-state index contributed by atoms with van der Waals surface area (Å²) in [6.45, 7) is 4.24. The van der Waals surface area contributed by atoms with Crippen molar-refractivity contribution in [3.8, 4) is 0 Å². The van der Waals surface area contributed by atoms with Gasteiger partial charge in [-0.05, 0) is 31.9 Å². The Labute approximate surface area is 145 Å². The van der Waals surface area contributed by atoms with E-state index in [1.54, 1.807) is 22.8 Å². The molecule has 8 nitrogen and oxygen atoms in total. The second-order valence-electron chi connectivity index (χ2n) is 6.47. The quantitative estimate of drug-likeness (QED) is 0.700. The van der Waals surface area contributed by atoms with Gasteiger partial charge in [-0.3, -0.25) is 19.2 Å². The Hall–Kier alpha value is -2.64. The fourth-order valence-electron chi connectivity index (χ4n) is 3.21. The first-order valence-electron chi connectivity index (χ1n) is 8.55. The first-order valence-corrected chi connectivity index (χ1v) is 8.55. The van der Waals surface area contributed by atoms with E-state index in [4.69, 9.17) is 0 Å². The molecule has 2 aliphatic heterocycles. The van der Waals surface area contributed by atoms with Crippen LogP contribution in [0.3, 0.4) is 0 Å². The number of H-pyrrole nitrogens is 1. The van der Waals surface area contributed by atoms with Gasteiger partial charge in [0.05, 0.1) is 0 Å². The van der Waals surface area contributed by atoms with Crippen LogP contribution in [0.5, 0.6) is 0 Å². The maximum atomic E-state index is 12.5. The maximum Gasteiger partial charge on any atom is 0.312 e. The Morgan fingerprint density at radius 3 is 1.92 bits per heavy atom. The fraction of sp³-hybridized carbons (Fsp3) is 0.529. The number of aryl methyl sites for hydroxylation is 1. The van der Waals surface area contributed by atoms with Gasteiger partial charge in [-0.25, -0.2) is 0 Å². The molecule has 1 N–H and O–H groups in total. The lowest BCUT2D eigenvalue weighted by Crippen LogP contribution is -2.54. The number of nitrogens with zero attached hydrogens (tertiary/aromatic N) is 3. The first-order chi connectivity index (χ1) is 12.0. The molecule has 2 fully saturated rings. The number of rotatable bonds is 1. The second kappa shape index (κ2) is 7.08. The van der Waals surface area contributed by atoms with E-state index < -0.39 is 17.4 Å². The number of pyridine rings is 1. The van der Waals surface area contributed by atoms with Crippen LogP contribution in [0.1, 0.15) is 28.9 Å². The van der Waals surface area contributed by atoms with Gasteiger partial charge in [0.25, 0.3) is 11.5 Å². The van der Waals surface area contributed by atoms with Crippen LogP contribution in [-0.2, 0) is 9.59 Å². The van der Waals surface area contributed by atoms with Gasteiger partial charge in [0.15, 0.2) is 0 Å². The number of amides is 3. The zero-order valence-electron chi connectivity index (χ0n) is 14.3. The second-order valence-corrected chi connectivity index (χ2v) is 6.47. The zero-order chi connectivity index (χ0) is 18.0. The van der Waals surface area contributed by atoms with Gasteiger partial charge in [-0.1, -0.05) is 0 Å². The normalized spacial score (nSPS) is 17.7. The van der Waals surface area contributed by atoms with Crippen molar-refractivity contribution in [2.75, 3.05) is 39.3 Å². The molecule has 3 amide bonds. The van der Waals surface area contributed by atoms with E-state index in [2.05, 4.69) is 4.98 Å². The maximum absolute atomic E-state index is 12.5. The number of carbonyl (C=O) groups excluding carboxylic acids is 3. The standard InChI is InChI=1S/C17H22N4O4/c1-12-4-5-13(14(22)18-12)15(23)20-8-10-21(11-9-20)17(25)16(24)19-6-2-3-7-19/h4-5H,2-3,6-11H2,1H3,(H,18,22). The van der Waals surface area contributed by atoms with Crippen molar-refractivity contribution in [1.82, 2.24) is 19.7 Å². The Kier molecular flexibility index (Phi) is 4.87. The molecule has 1 aromatic heterocycles. The summed E-state index contributed by atoms with van der Waals surface area (Å²) in [6.07, 6.45) is 1.87. The molecule has 134 valence electrons. The lowest BCUT2D eigenvalue weighted by atomic mass is 10.2. The molecule has 2 saturated heterocycles. The number of aromatic amines is 1. The van der Waals surface area contributed by atoms with Crippen molar-refractivity contribution in [2.45, 2.75) is 19.8 Å². The number of likely N-dealkylation sites (tertiary alicyclic amines) is 1. The predicted octanol–water partition coefficient (Wildman–Crippen LogP) is -0.410. The van der Waals surface area contributed by atoms with Gasteiger partial charge >= 0.3 is 11.8 Å². The number of nitrogens with one attached hydrogen (secondary N) is 1. The van der Waals surface area contributed by atoms with Crippen LogP contribution in [0, 0.1) is 6.92 Å². The number of piperazine rings is 1. The molecule has 0 bridgehead atoms. The van der Waals surface area contributed by atoms with E-state index in [1.807, 2.05) is 0 Å². The van der Waals surface area contributed by atoms with Crippen molar-refractivity contribution >= 4 is 17.7 Å². The van der Waals surface area contributed by atoms with E-state index in [9.17, 15) is 19.2 Å². The van der Waals surface area contributed by atoms with E-state index >= 15 is 0 Å². The summed E-state index contributed by atoms with van der Waals surface area (Å²) < 4.78 is 0. The monoisotopic (exact) mass is 346 g/mol. The zero-order valence-corrected chi connectivity index (χ0v) is 14.3. The third-order valence-corrected chi connectivity index (χ3v) is 4.72. The van der Waals surface area contributed by atoms with E-state index in [0.29, 0.717) is 45.0 Å². The number of hydrogen-bond donors (Lipinski definition) is 1. The van der Waals surface area contributed by atoms with Crippen molar-refractivity contribution in [1.29, 1.82) is 0 Å². The summed E-state index contributed by atoms with van der Waals surface area (Å²) in [5.41, 5.74) is 0.378. The molecule has 0 unspecified atom stereocenters. The number of aromatic nitrogens is 1. The lowest BCUT2D eigenvalue weighted by Gasteiger charge is -2.34. The number of hydrogen-bond acceptors (Lipinski definition) is 4. The highest BCUT2D eigenvalue weighted by molar-refractivity contribution is 6.35. The molecule has 0 aliphatic carbocycles. The average Bonchev–Trinajstić information content (AvgIpc) is 3.15. The molecule has 0 aromatic carbocycles. The number of carbonyl (C=O) groups is 3. The highest BCUT2D eigenvalue weighted by Crippen LogP contribution is 2.11. The molecule has 2 aliphatic rings. The Bertz CT molecular complexity index is 743. The van der Waals surface area contributed by atoms with Crippen LogP contribution in [0.25, 0.3) is 0 Å². The molecule has 0 atom stereocenters. The summed E-state index contributed by atoms with van der Waals surface area (Å²) in [7, 11) is 0. The average molecular weight is 346 g/mol. The van der Waals surface area contributed by atoms with Crippen molar-refractivity contribution in [3.05, 3.63) is 33.7 Å². The third-order valence-electron chi connectivity index (χ3n) is 4.72. The topological polar surface area (TPSA) is 93.8 Å². The highest BCUT2D eigenvalue weighted by atomic mass is 16.2. The van der Waals surface area contributed by atoms with Crippen LogP contribution in [0.15, 0.2) is 16.9 Å². The highest BCUT2D eigenvalue weighted by Gasteiger charge is 2.32. The molecule has 8 heteroatoms. The van der Waals surface area contributed by atoms with Gasteiger partial charge in [0.1, 0.15) is 5.56 Å². The van der Waals surface area contributed by atoms with Crippen LogP contribution in [0.4, 0.5) is 0 Å². The lowest BCUT2D eigenvalue weighted by molar-refractivity contribution is -0.152. The fourth-order valence-corrected chi connectivity index (χ4v) is 3.21. The molecular weight excluding hydrogens is 324 g/mol. The van der Waals surface area contributed by atoms with Crippen molar-refractivity contribution < 1.29 is 14.4 Å². The van der Waals surface area contributed by atoms with Crippen LogP contribution >= 0.6 is 0 Å². The van der Waals surface area contributed by atoms with Gasteiger partial charge in [0.2, 0.25) is 0 Å². The largest absolute Gasteiger partial charge is 0.335 e. The molecule has 3 heterocycles. The first kappa shape index (κ1) is 17.2. The Balaban J connectivity index is 1.59. The van der Waals surface area contributed by atoms with Crippen LogP contribution in [0.2, 0.25) is 0 Å². The van der Waals surface area contributed by atoms with Crippen LogP contribution < -0.4 is 5.56 Å². The third kappa shape index (κ3) is 3.57. The smallest absolute Gasteiger partial charge is 0.312 e.